The van der Waals surface area contributed by atoms with Gasteiger partial charge in [-0.2, -0.15) is 0 Å². The van der Waals surface area contributed by atoms with E-state index in [4.69, 9.17) is 0 Å². The van der Waals surface area contributed by atoms with E-state index in [1.54, 1.807) is 0 Å². The zero-order valence-electron chi connectivity index (χ0n) is 31.2. The van der Waals surface area contributed by atoms with E-state index in [2.05, 4.69) is 26.6 Å². The molecule has 1 aliphatic rings. The number of hydrogen-bond acceptors (Lipinski definition) is 12. The summed E-state index contributed by atoms with van der Waals surface area (Å²) < 4.78 is 0. The Morgan fingerprint density at radius 3 is 1.58 bits per heavy atom. The van der Waals surface area contributed by atoms with Gasteiger partial charge in [0.25, 0.3) is 0 Å². The van der Waals surface area contributed by atoms with Crippen LogP contribution in [-0.2, 0) is 47.9 Å². The van der Waals surface area contributed by atoms with E-state index < -0.39 is 132 Å². The van der Waals surface area contributed by atoms with Gasteiger partial charge in [0.2, 0.25) is 47.3 Å². The van der Waals surface area contributed by atoms with Gasteiger partial charge >= 0.3 is 23.9 Å². The monoisotopic (exact) mass is 825 g/mol. The number of nitrogens with one attached hydrogen (secondary N) is 6. The van der Waals surface area contributed by atoms with Crippen molar-refractivity contribution in [1.82, 2.24) is 26.2 Å². The van der Waals surface area contributed by atoms with Gasteiger partial charge in [0.1, 0.15) is 24.2 Å². The lowest BCUT2D eigenvalue weighted by atomic mass is 10.1. The van der Waals surface area contributed by atoms with Crippen molar-refractivity contribution in [2.75, 3.05) is 17.7 Å². The quantitative estimate of drug-likeness (QED) is 0.0669. The largest absolute Gasteiger partial charge is 0.481 e. The Labute approximate surface area is 332 Å². The highest BCUT2D eigenvalue weighted by atomic mass is 16.4. The number of amides is 8. The first kappa shape index (κ1) is 45.7. The highest BCUT2D eigenvalue weighted by Gasteiger charge is 2.44. The van der Waals surface area contributed by atoms with E-state index in [-0.39, 0.29) is 23.4 Å². The number of carbonyl (C=O) groups is 12. The zero-order valence-corrected chi connectivity index (χ0v) is 31.2. The van der Waals surface area contributed by atoms with Gasteiger partial charge in [-0.05, 0) is 24.3 Å². The number of imide groups is 1. The Hall–Kier alpha value is -7.72. The molecule has 2 aromatic rings. The van der Waals surface area contributed by atoms with Crippen LogP contribution in [-0.4, -0.2) is 128 Å². The molecule has 1 aliphatic heterocycles. The molecule has 5 unspecified atom stereocenters. The van der Waals surface area contributed by atoms with Crippen LogP contribution in [0.5, 0.6) is 0 Å². The van der Waals surface area contributed by atoms with Crippen molar-refractivity contribution in [2.45, 2.75) is 63.2 Å². The average Bonchev–Trinajstić information content (AvgIpc) is 3.41. The highest BCUT2D eigenvalue weighted by molar-refractivity contribution is 6.08. The Morgan fingerprint density at radius 1 is 0.627 bits per heavy atom. The number of para-hydroxylation sites is 2. The molecule has 0 radical (unpaired) electrons. The Balaban J connectivity index is 1.88. The second kappa shape index (κ2) is 20.4. The zero-order chi connectivity index (χ0) is 44.1. The number of nitrogens with zero attached hydrogens (tertiary/aromatic N) is 1. The summed E-state index contributed by atoms with van der Waals surface area (Å²) in [6, 6.07) is 2.39. The molecule has 5 atom stereocenters. The van der Waals surface area contributed by atoms with Crippen LogP contribution in [0.3, 0.4) is 0 Å². The Bertz CT molecular complexity index is 2070. The molecule has 10 N–H and O–H groups in total. The SMILES string of the molecule is CNC(=O)C(CC(=O)Nc1ccccc1C(=O)O)NC(=O)CC(NC(=O)C(CC(=O)O)NC(=O)CC(C(=O)O)N1C(=O)CC(C)C1=O)C(=O)Nc1ccccc1C(=O)O. The Kier molecular flexibility index (Phi) is 15.8. The van der Waals surface area contributed by atoms with Crippen LogP contribution < -0.4 is 31.9 Å². The smallest absolute Gasteiger partial charge is 0.337 e. The lowest BCUT2D eigenvalue weighted by molar-refractivity contribution is -0.156. The van der Waals surface area contributed by atoms with Crippen molar-refractivity contribution in [3.05, 3.63) is 59.7 Å². The van der Waals surface area contributed by atoms with Crippen LogP contribution in [0.4, 0.5) is 11.4 Å². The predicted molar refractivity (Wildman–Crippen MR) is 197 cm³/mol. The van der Waals surface area contributed by atoms with Crippen LogP contribution in [0.15, 0.2) is 48.5 Å². The molecule has 0 aromatic heterocycles. The lowest BCUT2D eigenvalue weighted by Gasteiger charge is -2.25. The summed E-state index contributed by atoms with van der Waals surface area (Å²) >= 11 is 0. The third-order valence-electron chi connectivity index (χ3n) is 8.57. The van der Waals surface area contributed by atoms with Gasteiger partial charge in [-0.15, -0.1) is 0 Å². The first-order chi connectivity index (χ1) is 27.7. The fraction of sp³-hybridized carbons (Fsp3) is 0.333. The molecule has 0 aliphatic carbocycles. The van der Waals surface area contributed by atoms with Crippen LogP contribution >= 0.6 is 0 Å². The molecule has 23 nitrogen and oxygen atoms in total. The maximum absolute atomic E-state index is 13.6. The molecular formula is C36H39N7O16. The number of benzene rings is 2. The second-order valence-electron chi connectivity index (χ2n) is 12.9. The molecule has 1 heterocycles. The molecule has 0 spiro atoms. The van der Waals surface area contributed by atoms with Crippen LogP contribution in [0, 0.1) is 5.92 Å². The number of carboxylic acids is 4. The molecule has 59 heavy (non-hydrogen) atoms. The van der Waals surface area contributed by atoms with Gasteiger partial charge in [-0.3, -0.25) is 48.1 Å². The maximum Gasteiger partial charge on any atom is 0.337 e. The number of aromatic carboxylic acids is 2. The summed E-state index contributed by atoms with van der Waals surface area (Å²) in [5.74, 6) is -16.1. The summed E-state index contributed by atoms with van der Waals surface area (Å²) in [6.45, 7) is 1.36. The molecule has 1 saturated heterocycles. The fourth-order valence-electron chi connectivity index (χ4n) is 5.70. The minimum absolute atomic E-state index is 0.137. The molecule has 314 valence electrons. The number of anilines is 2. The third kappa shape index (κ3) is 12.6. The van der Waals surface area contributed by atoms with Gasteiger partial charge in [0.15, 0.2) is 0 Å². The molecular weight excluding hydrogens is 786 g/mol. The van der Waals surface area contributed by atoms with Crippen molar-refractivity contribution < 1.29 is 78.0 Å². The van der Waals surface area contributed by atoms with Crippen molar-refractivity contribution in [1.29, 1.82) is 0 Å². The first-order valence-corrected chi connectivity index (χ1v) is 17.4. The number of hydrogen-bond donors (Lipinski definition) is 10. The standard InChI is InChI=1S/C36H39N7O16/c1-16-11-28(47)43(33(16)53)24(36(58)59)15-27(46)40-23(14-29(48)49)32(52)42-22(31(51)41-20-10-6-4-8-18(20)35(56)57)13-26(45)39-21(30(50)37-2)12-25(44)38-19-9-5-3-7-17(19)34(54)55/h3-10,16,21-24H,11-15H2,1-2H3,(H,37,50)(H,38,44)(H,39,45)(H,40,46)(H,41,51)(H,42,52)(H,48,49)(H,54,55)(H,56,57)(H,58,59). The van der Waals surface area contributed by atoms with Crippen molar-refractivity contribution >= 4 is 82.5 Å². The number of aliphatic carboxylic acids is 2. The number of carboxylic acid groups (broad SMARTS) is 4. The van der Waals surface area contributed by atoms with Gasteiger partial charge in [0, 0.05) is 19.4 Å². The summed E-state index contributed by atoms with van der Waals surface area (Å²) in [7, 11) is 1.16. The summed E-state index contributed by atoms with van der Waals surface area (Å²) in [4.78, 5) is 151. The fourth-order valence-corrected chi connectivity index (χ4v) is 5.70. The van der Waals surface area contributed by atoms with Gasteiger partial charge in [-0.25, -0.2) is 14.4 Å². The van der Waals surface area contributed by atoms with E-state index in [0.717, 1.165) is 19.2 Å². The molecule has 23 heteroatoms. The number of carbonyl (C=O) groups excluding carboxylic acids is 8. The van der Waals surface area contributed by atoms with Gasteiger partial charge in [-0.1, -0.05) is 31.2 Å². The summed E-state index contributed by atoms with van der Waals surface area (Å²) in [5.41, 5.74) is -1.18. The van der Waals surface area contributed by atoms with E-state index in [9.17, 15) is 78.0 Å². The minimum Gasteiger partial charge on any atom is -0.481 e. The van der Waals surface area contributed by atoms with Crippen LogP contribution in [0.25, 0.3) is 0 Å². The van der Waals surface area contributed by atoms with Crippen molar-refractivity contribution in [2.24, 2.45) is 5.92 Å². The van der Waals surface area contributed by atoms with E-state index in [0.29, 0.717) is 4.90 Å². The van der Waals surface area contributed by atoms with E-state index >= 15 is 0 Å². The first-order valence-electron chi connectivity index (χ1n) is 17.4. The van der Waals surface area contributed by atoms with E-state index in [1.807, 2.05) is 5.32 Å². The molecule has 0 saturated carbocycles. The lowest BCUT2D eigenvalue weighted by Crippen LogP contribution is -2.56. The minimum atomic E-state index is -2.08. The second-order valence-corrected chi connectivity index (χ2v) is 12.9. The maximum atomic E-state index is 13.6. The van der Waals surface area contributed by atoms with Crippen molar-refractivity contribution in [3.8, 4) is 0 Å². The number of rotatable bonds is 20. The molecule has 0 bridgehead atoms. The van der Waals surface area contributed by atoms with Gasteiger partial charge < -0.3 is 52.3 Å². The number of likely N-dealkylation sites (N-methyl/N-ethyl adjacent to an activating group) is 1. The van der Waals surface area contributed by atoms with Crippen LogP contribution in [0.1, 0.15) is 59.7 Å². The predicted octanol–water partition coefficient (Wildman–Crippen LogP) is -1.65. The normalized spacial score (nSPS) is 15.4. The summed E-state index contributed by atoms with van der Waals surface area (Å²) in [5, 5.41) is 51.2. The number of likely N-dealkylation sites (tertiary alicyclic amines) is 1. The molecule has 1 fully saturated rings. The average molecular weight is 826 g/mol. The van der Waals surface area contributed by atoms with Crippen LogP contribution in [0.2, 0.25) is 0 Å². The van der Waals surface area contributed by atoms with Gasteiger partial charge in [0.05, 0.1) is 48.2 Å². The highest BCUT2D eigenvalue weighted by Crippen LogP contribution is 2.23. The van der Waals surface area contributed by atoms with Crippen molar-refractivity contribution in [3.63, 3.8) is 0 Å². The summed E-state index contributed by atoms with van der Waals surface area (Å²) in [6.07, 6.45) is -4.49. The van der Waals surface area contributed by atoms with E-state index in [1.165, 1.54) is 43.3 Å². The molecule has 2 aromatic carbocycles. The molecule has 8 amide bonds. The topological polar surface area (TPSA) is 361 Å². The Morgan fingerprint density at radius 2 is 1.10 bits per heavy atom. The molecule has 3 rings (SSSR count). The third-order valence-corrected chi connectivity index (χ3v) is 8.57.